The molecule has 206 valence electrons. The summed E-state index contributed by atoms with van der Waals surface area (Å²) in [6.07, 6.45) is 5.88. The first-order valence-corrected chi connectivity index (χ1v) is 14.9. The summed E-state index contributed by atoms with van der Waals surface area (Å²) in [5.74, 6) is -1.77. The van der Waals surface area contributed by atoms with Gasteiger partial charge in [-0.1, -0.05) is 77.3 Å². The number of carbonyl (C=O) groups excluding carboxylic acids is 2. The van der Waals surface area contributed by atoms with Crippen LogP contribution >= 0.6 is 0 Å². The Morgan fingerprint density at radius 3 is 2.22 bits per heavy atom. The first kappa shape index (κ1) is 32.1. The molecular weight excluding hydrogens is 478 g/mol. The molecule has 8 heteroatoms. The van der Waals surface area contributed by atoms with E-state index >= 15 is 0 Å². The minimum absolute atomic E-state index is 0.150. The number of hydrogen-bond acceptors (Lipinski definition) is 5. The van der Waals surface area contributed by atoms with Crippen LogP contribution in [-0.4, -0.2) is 42.7 Å². The van der Waals surface area contributed by atoms with Gasteiger partial charge in [0.2, 0.25) is 5.91 Å². The van der Waals surface area contributed by atoms with Gasteiger partial charge in [0.1, 0.15) is 0 Å². The maximum Gasteiger partial charge on any atom is 0.308 e. The molecule has 0 saturated carbocycles. The van der Waals surface area contributed by atoms with Crippen molar-refractivity contribution in [1.82, 2.24) is 5.32 Å². The van der Waals surface area contributed by atoms with Crippen LogP contribution in [-0.2, 0) is 24.4 Å². The summed E-state index contributed by atoms with van der Waals surface area (Å²) >= 11 is 0. The highest BCUT2D eigenvalue weighted by Gasteiger charge is 2.32. The molecule has 0 radical (unpaired) electrons. The van der Waals surface area contributed by atoms with Gasteiger partial charge in [-0.3, -0.25) is 14.1 Å². The molecule has 0 bridgehead atoms. The molecule has 0 fully saturated rings. The molecule has 36 heavy (non-hydrogen) atoms. The highest BCUT2D eigenvalue weighted by atomic mass is 32.2. The Kier molecular flexibility index (Phi) is 13.7. The maximum atomic E-state index is 13.3. The number of ether oxygens (including phenoxy) is 1. The van der Waals surface area contributed by atoms with Gasteiger partial charge in [0, 0.05) is 5.92 Å². The fourth-order valence-electron chi connectivity index (χ4n) is 4.59. The van der Waals surface area contributed by atoms with E-state index in [4.69, 9.17) is 4.74 Å². The monoisotopic (exact) mass is 525 g/mol. The molecular formula is C28H47NO6S. The van der Waals surface area contributed by atoms with E-state index in [1.54, 1.807) is 20.8 Å². The van der Waals surface area contributed by atoms with E-state index in [9.17, 15) is 22.6 Å². The number of nitrogens with one attached hydrogen (secondary N) is 1. The molecule has 0 saturated heterocycles. The first-order chi connectivity index (χ1) is 16.8. The third-order valence-corrected chi connectivity index (χ3v) is 7.85. The van der Waals surface area contributed by atoms with Crippen molar-refractivity contribution in [1.29, 1.82) is 0 Å². The van der Waals surface area contributed by atoms with Gasteiger partial charge in [0.05, 0.1) is 23.8 Å². The molecule has 7 nitrogen and oxygen atoms in total. The summed E-state index contributed by atoms with van der Waals surface area (Å²) in [6.45, 7) is 11.5. The minimum Gasteiger partial charge on any atom is -0.465 e. The molecule has 1 rings (SSSR count). The predicted octanol–water partition coefficient (Wildman–Crippen LogP) is 5.75. The fourth-order valence-corrected chi connectivity index (χ4v) is 5.58. The van der Waals surface area contributed by atoms with Crippen LogP contribution in [0, 0.1) is 17.8 Å². The van der Waals surface area contributed by atoms with Crippen LogP contribution in [0.25, 0.3) is 0 Å². The van der Waals surface area contributed by atoms with E-state index < -0.39 is 33.2 Å². The van der Waals surface area contributed by atoms with Gasteiger partial charge in [-0.25, -0.2) is 0 Å². The lowest BCUT2D eigenvalue weighted by atomic mass is 9.82. The van der Waals surface area contributed by atoms with Crippen molar-refractivity contribution in [3.05, 3.63) is 35.9 Å². The van der Waals surface area contributed by atoms with E-state index in [0.29, 0.717) is 25.4 Å². The summed E-state index contributed by atoms with van der Waals surface area (Å²) in [7, 11) is -4.25. The van der Waals surface area contributed by atoms with Crippen LogP contribution in [0.1, 0.15) is 98.0 Å². The van der Waals surface area contributed by atoms with E-state index in [2.05, 4.69) is 38.2 Å². The molecule has 4 unspecified atom stereocenters. The molecule has 1 amide bonds. The third-order valence-electron chi connectivity index (χ3n) is 6.76. The van der Waals surface area contributed by atoms with Gasteiger partial charge in [0.15, 0.2) is 0 Å². The van der Waals surface area contributed by atoms with Crippen LogP contribution in [0.2, 0.25) is 0 Å². The lowest BCUT2D eigenvalue weighted by molar-refractivity contribution is -0.151. The van der Waals surface area contributed by atoms with Crippen molar-refractivity contribution in [2.45, 2.75) is 97.9 Å². The lowest BCUT2D eigenvalue weighted by Crippen LogP contribution is -2.50. The molecule has 0 aromatic heterocycles. The zero-order chi connectivity index (χ0) is 27.4. The number of carbonyl (C=O) groups is 2. The highest BCUT2D eigenvalue weighted by molar-refractivity contribution is 7.85. The molecule has 2 N–H and O–H groups in total. The molecule has 0 aliphatic heterocycles. The molecule has 0 aliphatic carbocycles. The van der Waals surface area contributed by atoms with Crippen molar-refractivity contribution in [2.24, 2.45) is 17.8 Å². The van der Waals surface area contributed by atoms with Crippen molar-refractivity contribution >= 4 is 22.0 Å². The Morgan fingerprint density at radius 2 is 1.69 bits per heavy atom. The van der Waals surface area contributed by atoms with Crippen molar-refractivity contribution in [3.8, 4) is 0 Å². The third kappa shape index (κ3) is 12.3. The van der Waals surface area contributed by atoms with E-state index in [0.717, 1.165) is 37.7 Å². The SMILES string of the molecule is CCCCC(CC)COC(=O)C(CC(C)C(=O)NC(C)(C)CS(=O)(=O)O)CC(CC)c1ccccc1. The van der Waals surface area contributed by atoms with Gasteiger partial charge in [-0.15, -0.1) is 0 Å². The standard InChI is InChI=1S/C28H47NO6S/c1-7-10-14-22(8-2)19-35-27(31)25(18-23(9-3)24-15-12-11-13-16-24)17-21(4)26(30)29-28(5,6)20-36(32,33)34/h11-13,15-16,21-23,25H,7-10,14,17-20H2,1-6H3,(H,29,30)(H,32,33,34). The number of amides is 1. The van der Waals surface area contributed by atoms with Crippen LogP contribution in [0.4, 0.5) is 0 Å². The number of rotatable bonds is 17. The predicted molar refractivity (Wildman–Crippen MR) is 144 cm³/mol. The zero-order valence-corrected chi connectivity index (χ0v) is 23.8. The number of benzene rings is 1. The van der Waals surface area contributed by atoms with Crippen molar-refractivity contribution in [2.75, 3.05) is 12.4 Å². The Balaban J connectivity index is 3.00. The second-order valence-electron chi connectivity index (χ2n) is 10.7. The average molecular weight is 526 g/mol. The highest BCUT2D eigenvalue weighted by Crippen LogP contribution is 2.31. The number of esters is 1. The van der Waals surface area contributed by atoms with Crippen LogP contribution in [0.3, 0.4) is 0 Å². The summed E-state index contributed by atoms with van der Waals surface area (Å²) in [5.41, 5.74) is 0.0111. The molecule has 0 aliphatic rings. The largest absolute Gasteiger partial charge is 0.465 e. The Morgan fingerprint density at radius 1 is 1.06 bits per heavy atom. The second-order valence-corrected chi connectivity index (χ2v) is 12.2. The Labute approximate surface area is 218 Å². The van der Waals surface area contributed by atoms with Crippen molar-refractivity contribution in [3.63, 3.8) is 0 Å². The van der Waals surface area contributed by atoms with Crippen LogP contribution in [0.15, 0.2) is 30.3 Å². The second kappa shape index (κ2) is 15.4. The Hall–Kier alpha value is -1.93. The molecule has 0 spiro atoms. The van der Waals surface area contributed by atoms with Gasteiger partial charge in [-0.05, 0) is 56.9 Å². The Bertz CT molecular complexity index is 900. The van der Waals surface area contributed by atoms with Crippen LogP contribution in [0.5, 0.6) is 0 Å². The average Bonchev–Trinajstić information content (AvgIpc) is 2.80. The topological polar surface area (TPSA) is 110 Å². The molecule has 0 heterocycles. The van der Waals surface area contributed by atoms with Crippen LogP contribution < -0.4 is 5.32 Å². The summed E-state index contributed by atoms with van der Waals surface area (Å²) < 4.78 is 37.6. The number of hydrogen-bond donors (Lipinski definition) is 2. The smallest absolute Gasteiger partial charge is 0.308 e. The van der Waals surface area contributed by atoms with E-state index in [1.165, 1.54) is 0 Å². The molecule has 1 aromatic carbocycles. The van der Waals surface area contributed by atoms with E-state index in [1.807, 2.05) is 18.2 Å². The van der Waals surface area contributed by atoms with Gasteiger partial charge >= 0.3 is 5.97 Å². The fraction of sp³-hybridized carbons (Fsp3) is 0.714. The normalized spacial score (nSPS) is 15.5. The summed E-state index contributed by atoms with van der Waals surface area (Å²) in [4.78, 5) is 26.2. The molecule has 1 aromatic rings. The lowest BCUT2D eigenvalue weighted by Gasteiger charge is -2.28. The molecule has 4 atom stereocenters. The van der Waals surface area contributed by atoms with Gasteiger partial charge < -0.3 is 10.1 Å². The van der Waals surface area contributed by atoms with Crippen molar-refractivity contribution < 1.29 is 27.3 Å². The summed E-state index contributed by atoms with van der Waals surface area (Å²) in [6, 6.07) is 10.0. The van der Waals surface area contributed by atoms with E-state index in [-0.39, 0.29) is 17.8 Å². The maximum absolute atomic E-state index is 13.3. The minimum atomic E-state index is -4.25. The zero-order valence-electron chi connectivity index (χ0n) is 23.0. The summed E-state index contributed by atoms with van der Waals surface area (Å²) in [5, 5.41) is 2.71. The quantitative estimate of drug-likeness (QED) is 0.198. The number of unbranched alkanes of at least 4 members (excludes halogenated alkanes) is 1. The first-order valence-electron chi connectivity index (χ1n) is 13.3. The van der Waals surface area contributed by atoms with Gasteiger partial charge in [0.25, 0.3) is 10.1 Å². The van der Waals surface area contributed by atoms with Gasteiger partial charge in [-0.2, -0.15) is 8.42 Å².